The van der Waals surface area contributed by atoms with E-state index >= 15 is 0 Å². The van der Waals surface area contributed by atoms with Gasteiger partial charge in [-0.05, 0) is 12.1 Å². The van der Waals surface area contributed by atoms with Crippen LogP contribution < -0.4 is 14.8 Å². The average molecular weight is 276 g/mol. The minimum absolute atomic E-state index is 0.0134. The molecule has 0 aliphatic carbocycles. The molecule has 0 spiro atoms. The van der Waals surface area contributed by atoms with Crippen LogP contribution in [-0.2, 0) is 9.59 Å². The number of amides is 2. The number of carbonyl (C=O) groups excluding carboxylic acids is 2. The summed E-state index contributed by atoms with van der Waals surface area (Å²) in [5, 5.41) is 11.7. The molecule has 1 aromatic rings. The first-order chi connectivity index (χ1) is 9.69. The van der Waals surface area contributed by atoms with Crippen molar-refractivity contribution in [3.63, 3.8) is 0 Å². The van der Waals surface area contributed by atoms with Crippen molar-refractivity contribution in [2.75, 3.05) is 25.3 Å². The lowest BCUT2D eigenvalue weighted by atomic mass is 10.2. The van der Waals surface area contributed by atoms with Gasteiger partial charge in [0.15, 0.2) is 11.5 Å². The fourth-order valence-electron chi connectivity index (χ4n) is 2.04. The van der Waals surface area contributed by atoms with Crippen molar-refractivity contribution in [1.82, 2.24) is 4.90 Å². The highest BCUT2D eigenvalue weighted by Crippen LogP contribution is 2.34. The van der Waals surface area contributed by atoms with Crippen molar-refractivity contribution >= 4 is 17.5 Å². The molecular formula is C13H12N2O5. The molecule has 0 aromatic heterocycles. The number of β-amino-alcohol motifs (C(OH)–C–C–N with tert-alkyl or cyclic N) is 1. The molecule has 2 heterocycles. The molecule has 0 fully saturated rings. The van der Waals surface area contributed by atoms with Crippen molar-refractivity contribution in [2.24, 2.45) is 0 Å². The van der Waals surface area contributed by atoms with Crippen LogP contribution in [0.3, 0.4) is 0 Å². The van der Waals surface area contributed by atoms with Crippen LogP contribution in [0, 0.1) is 0 Å². The monoisotopic (exact) mass is 276 g/mol. The smallest absolute Gasteiger partial charge is 0.277 e. The Labute approximate surface area is 114 Å². The van der Waals surface area contributed by atoms with Gasteiger partial charge in [0.2, 0.25) is 6.79 Å². The lowest BCUT2D eigenvalue weighted by Gasteiger charge is -2.13. The molecule has 0 radical (unpaired) electrons. The second-order valence-electron chi connectivity index (χ2n) is 4.27. The van der Waals surface area contributed by atoms with Gasteiger partial charge in [-0.1, -0.05) is 0 Å². The first kappa shape index (κ1) is 12.5. The van der Waals surface area contributed by atoms with Crippen LogP contribution in [0.25, 0.3) is 0 Å². The third-order valence-electron chi connectivity index (χ3n) is 2.98. The molecule has 0 saturated heterocycles. The summed E-state index contributed by atoms with van der Waals surface area (Å²) in [4.78, 5) is 24.5. The molecular weight excluding hydrogens is 264 g/mol. The maximum absolute atomic E-state index is 12.0. The fourth-order valence-corrected chi connectivity index (χ4v) is 2.04. The Morgan fingerprint density at radius 1 is 1.25 bits per heavy atom. The van der Waals surface area contributed by atoms with E-state index < -0.39 is 11.8 Å². The number of hydrogen-bond donors (Lipinski definition) is 2. The van der Waals surface area contributed by atoms with E-state index in [1.165, 1.54) is 6.08 Å². The minimum atomic E-state index is -0.457. The topological polar surface area (TPSA) is 88.1 Å². The van der Waals surface area contributed by atoms with E-state index in [4.69, 9.17) is 14.6 Å². The number of anilines is 1. The van der Waals surface area contributed by atoms with Crippen molar-refractivity contribution in [3.8, 4) is 11.5 Å². The molecule has 1 aromatic carbocycles. The summed E-state index contributed by atoms with van der Waals surface area (Å²) in [7, 11) is 0. The predicted octanol–water partition coefficient (Wildman–Crippen LogP) is 0.0722. The van der Waals surface area contributed by atoms with Gasteiger partial charge in [-0.3, -0.25) is 14.5 Å². The van der Waals surface area contributed by atoms with Gasteiger partial charge < -0.3 is 19.9 Å². The van der Waals surface area contributed by atoms with Gasteiger partial charge in [-0.25, -0.2) is 0 Å². The second kappa shape index (κ2) is 4.86. The Morgan fingerprint density at radius 2 is 2.05 bits per heavy atom. The summed E-state index contributed by atoms with van der Waals surface area (Å²) in [6.07, 6.45) is 1.21. The quantitative estimate of drug-likeness (QED) is 0.757. The van der Waals surface area contributed by atoms with Crippen LogP contribution in [0.4, 0.5) is 5.69 Å². The largest absolute Gasteiger partial charge is 0.454 e. The Bertz CT molecular complexity index is 611. The van der Waals surface area contributed by atoms with Crippen LogP contribution in [0.15, 0.2) is 30.0 Å². The molecule has 0 atom stereocenters. The summed E-state index contributed by atoms with van der Waals surface area (Å²) >= 11 is 0. The van der Waals surface area contributed by atoms with Crippen LogP contribution in [0.5, 0.6) is 11.5 Å². The molecule has 2 N–H and O–H groups in total. The molecule has 2 aliphatic rings. The molecule has 20 heavy (non-hydrogen) atoms. The Morgan fingerprint density at radius 3 is 2.85 bits per heavy atom. The number of benzene rings is 1. The normalized spacial score (nSPS) is 16.6. The Hall–Kier alpha value is -2.54. The zero-order valence-electron chi connectivity index (χ0n) is 10.5. The molecule has 0 bridgehead atoms. The number of imide groups is 1. The van der Waals surface area contributed by atoms with Gasteiger partial charge in [0.1, 0.15) is 5.70 Å². The molecule has 7 nitrogen and oxygen atoms in total. The molecule has 104 valence electrons. The number of aliphatic hydroxyl groups is 1. The molecule has 0 unspecified atom stereocenters. The van der Waals surface area contributed by atoms with Crippen molar-refractivity contribution in [3.05, 3.63) is 30.0 Å². The van der Waals surface area contributed by atoms with Gasteiger partial charge in [0.25, 0.3) is 11.8 Å². The summed E-state index contributed by atoms with van der Waals surface area (Å²) in [5.41, 5.74) is 0.787. The molecule has 3 rings (SSSR count). The van der Waals surface area contributed by atoms with E-state index in [0.717, 1.165) is 4.90 Å². The SMILES string of the molecule is O=C1C=C(Nc2ccc3c(c2)OCO3)C(=O)N1CCO. The lowest BCUT2D eigenvalue weighted by Crippen LogP contribution is -2.34. The van der Waals surface area contributed by atoms with Gasteiger partial charge >= 0.3 is 0 Å². The summed E-state index contributed by atoms with van der Waals surface area (Å²) in [6, 6.07) is 5.13. The molecule has 2 aliphatic heterocycles. The fraction of sp³-hybridized carbons (Fsp3) is 0.231. The second-order valence-corrected chi connectivity index (χ2v) is 4.27. The average Bonchev–Trinajstić information content (AvgIpc) is 2.99. The summed E-state index contributed by atoms with van der Waals surface area (Å²) in [6.45, 7) is -0.105. The number of ether oxygens (including phenoxy) is 2. The molecule has 0 saturated carbocycles. The zero-order chi connectivity index (χ0) is 14.1. The van der Waals surface area contributed by atoms with Crippen LogP contribution in [0.1, 0.15) is 0 Å². The molecule has 7 heteroatoms. The van der Waals surface area contributed by atoms with E-state index in [-0.39, 0.29) is 25.6 Å². The number of aliphatic hydroxyl groups excluding tert-OH is 1. The third-order valence-corrected chi connectivity index (χ3v) is 2.98. The number of fused-ring (bicyclic) bond motifs is 1. The maximum Gasteiger partial charge on any atom is 0.277 e. The van der Waals surface area contributed by atoms with Crippen LogP contribution in [0.2, 0.25) is 0 Å². The Kier molecular flexibility index (Phi) is 3.03. The van der Waals surface area contributed by atoms with E-state index in [2.05, 4.69) is 5.32 Å². The first-order valence-electron chi connectivity index (χ1n) is 6.04. The summed E-state index contributed by atoms with van der Waals surface area (Å²) in [5.74, 6) is 0.328. The van der Waals surface area contributed by atoms with Gasteiger partial charge in [0.05, 0.1) is 13.2 Å². The highest BCUT2D eigenvalue weighted by Gasteiger charge is 2.30. The van der Waals surface area contributed by atoms with Crippen molar-refractivity contribution < 1.29 is 24.2 Å². The number of carbonyl (C=O) groups is 2. The van der Waals surface area contributed by atoms with E-state index in [9.17, 15) is 9.59 Å². The van der Waals surface area contributed by atoms with Crippen molar-refractivity contribution in [1.29, 1.82) is 0 Å². The highest BCUT2D eigenvalue weighted by molar-refractivity contribution is 6.17. The van der Waals surface area contributed by atoms with Crippen LogP contribution in [-0.4, -0.2) is 41.8 Å². The highest BCUT2D eigenvalue weighted by atomic mass is 16.7. The Balaban J connectivity index is 1.77. The standard InChI is InChI=1S/C13H12N2O5/c16-4-3-15-12(17)6-9(13(15)18)14-8-1-2-10-11(5-8)20-7-19-10/h1-2,5-6,14,16H,3-4,7H2. The molecule has 2 amide bonds. The maximum atomic E-state index is 12.0. The van der Waals surface area contributed by atoms with E-state index in [1.807, 2.05) is 0 Å². The number of rotatable bonds is 4. The van der Waals surface area contributed by atoms with Gasteiger partial charge in [0, 0.05) is 17.8 Å². The van der Waals surface area contributed by atoms with Gasteiger partial charge in [-0.2, -0.15) is 0 Å². The van der Waals surface area contributed by atoms with Crippen LogP contribution >= 0.6 is 0 Å². The minimum Gasteiger partial charge on any atom is -0.454 e. The number of nitrogens with zero attached hydrogens (tertiary/aromatic N) is 1. The lowest BCUT2D eigenvalue weighted by molar-refractivity contribution is -0.137. The first-order valence-corrected chi connectivity index (χ1v) is 6.04. The summed E-state index contributed by atoms with van der Waals surface area (Å²) < 4.78 is 10.4. The van der Waals surface area contributed by atoms with Crippen molar-refractivity contribution in [2.45, 2.75) is 0 Å². The van der Waals surface area contributed by atoms with Gasteiger partial charge in [-0.15, -0.1) is 0 Å². The number of hydrogen-bond acceptors (Lipinski definition) is 6. The van der Waals surface area contributed by atoms with E-state index in [1.54, 1.807) is 18.2 Å². The number of nitrogens with one attached hydrogen (secondary N) is 1. The van der Waals surface area contributed by atoms with E-state index in [0.29, 0.717) is 17.2 Å². The zero-order valence-corrected chi connectivity index (χ0v) is 10.5. The third kappa shape index (κ3) is 2.08. The predicted molar refractivity (Wildman–Crippen MR) is 68.1 cm³/mol.